The van der Waals surface area contributed by atoms with E-state index in [1.807, 2.05) is 26.0 Å². The van der Waals surface area contributed by atoms with Gasteiger partial charge in [-0.3, -0.25) is 14.9 Å². The zero-order valence-corrected chi connectivity index (χ0v) is 16.6. The quantitative estimate of drug-likeness (QED) is 0.409. The highest BCUT2D eigenvalue weighted by molar-refractivity contribution is 5.96. The van der Waals surface area contributed by atoms with Gasteiger partial charge in [0.1, 0.15) is 11.5 Å². The van der Waals surface area contributed by atoms with Gasteiger partial charge in [-0.15, -0.1) is 0 Å². The number of benzene rings is 2. The molecule has 0 aliphatic carbocycles. The third-order valence-corrected chi connectivity index (χ3v) is 4.01. The Morgan fingerprint density at radius 2 is 1.86 bits per heavy atom. The van der Waals surface area contributed by atoms with Gasteiger partial charge in [-0.1, -0.05) is 17.7 Å². The van der Waals surface area contributed by atoms with Gasteiger partial charge in [0.05, 0.1) is 23.8 Å². The lowest BCUT2D eigenvalue weighted by molar-refractivity contribution is -0.384. The average Bonchev–Trinajstić information content (AvgIpc) is 2.67. The summed E-state index contributed by atoms with van der Waals surface area (Å²) in [5.74, 6) is -0.648. The molecular formula is C20H22N2O7. The van der Waals surface area contributed by atoms with Crippen molar-refractivity contribution in [3.8, 4) is 11.5 Å². The third kappa shape index (κ3) is 5.93. The van der Waals surface area contributed by atoms with Crippen LogP contribution in [0, 0.1) is 24.0 Å². The molecule has 2 aromatic carbocycles. The number of ether oxygens (including phenoxy) is 3. The van der Waals surface area contributed by atoms with Crippen LogP contribution in [0.2, 0.25) is 0 Å². The highest BCUT2D eigenvalue weighted by atomic mass is 16.6. The van der Waals surface area contributed by atoms with Crippen molar-refractivity contribution in [2.24, 2.45) is 0 Å². The summed E-state index contributed by atoms with van der Waals surface area (Å²) in [6.07, 6.45) is -1.11. The van der Waals surface area contributed by atoms with Crippen LogP contribution in [0.3, 0.4) is 0 Å². The first kappa shape index (κ1) is 21.7. The highest BCUT2D eigenvalue weighted by Crippen LogP contribution is 2.29. The molecule has 0 aromatic heterocycles. The first-order chi connectivity index (χ1) is 13.7. The van der Waals surface area contributed by atoms with E-state index in [1.54, 1.807) is 6.07 Å². The van der Waals surface area contributed by atoms with Crippen molar-refractivity contribution < 1.29 is 28.7 Å². The van der Waals surface area contributed by atoms with Gasteiger partial charge in [0.15, 0.2) is 12.7 Å². The van der Waals surface area contributed by atoms with Crippen molar-refractivity contribution in [3.05, 3.63) is 57.6 Å². The number of amides is 1. The fourth-order valence-corrected chi connectivity index (χ4v) is 2.51. The predicted molar refractivity (Wildman–Crippen MR) is 105 cm³/mol. The number of hydrogen-bond acceptors (Lipinski definition) is 7. The number of nitro groups is 1. The summed E-state index contributed by atoms with van der Waals surface area (Å²) >= 11 is 0. The Bertz CT molecular complexity index is 927. The van der Waals surface area contributed by atoms with E-state index < -0.39 is 22.9 Å². The van der Waals surface area contributed by atoms with Crippen LogP contribution in [-0.4, -0.2) is 36.6 Å². The van der Waals surface area contributed by atoms with Gasteiger partial charge < -0.3 is 19.5 Å². The molecule has 0 saturated carbocycles. The Hall–Kier alpha value is -3.62. The van der Waals surface area contributed by atoms with E-state index >= 15 is 0 Å². The lowest BCUT2D eigenvalue weighted by Crippen LogP contribution is -2.31. The molecule has 1 atom stereocenters. The van der Waals surface area contributed by atoms with Crippen LogP contribution >= 0.6 is 0 Å². The maximum Gasteiger partial charge on any atom is 0.344 e. The molecule has 0 spiro atoms. The van der Waals surface area contributed by atoms with Crippen LogP contribution in [-0.2, 0) is 14.3 Å². The summed E-state index contributed by atoms with van der Waals surface area (Å²) in [5.41, 5.74) is 2.00. The van der Waals surface area contributed by atoms with Crippen LogP contribution in [0.25, 0.3) is 0 Å². The normalized spacial score (nSPS) is 11.3. The molecule has 0 radical (unpaired) electrons. The van der Waals surface area contributed by atoms with Crippen molar-refractivity contribution in [3.63, 3.8) is 0 Å². The number of carbonyl (C=O) groups is 2. The van der Waals surface area contributed by atoms with E-state index in [1.165, 1.54) is 32.2 Å². The summed E-state index contributed by atoms with van der Waals surface area (Å²) in [6.45, 7) is 4.87. The lowest BCUT2D eigenvalue weighted by Gasteiger charge is -2.15. The molecule has 1 amide bonds. The summed E-state index contributed by atoms with van der Waals surface area (Å²) < 4.78 is 15.6. The van der Waals surface area contributed by atoms with Crippen LogP contribution < -0.4 is 14.8 Å². The SMILES string of the molecule is COc1cc([N+](=O)[O-])ccc1NC(=O)[C@@H](C)OC(=O)COc1ccc(C)cc1C. The molecule has 0 unspecified atom stereocenters. The Labute approximate surface area is 167 Å². The molecule has 0 fully saturated rings. The summed E-state index contributed by atoms with van der Waals surface area (Å²) in [5, 5.41) is 13.3. The number of nitrogens with zero attached hydrogens (tertiary/aromatic N) is 1. The fraction of sp³-hybridized carbons (Fsp3) is 0.300. The molecule has 0 aliphatic rings. The second-order valence-corrected chi connectivity index (χ2v) is 6.32. The second kappa shape index (κ2) is 9.54. The van der Waals surface area contributed by atoms with E-state index in [2.05, 4.69) is 5.32 Å². The number of nitrogens with one attached hydrogen (secondary N) is 1. The largest absolute Gasteiger partial charge is 0.494 e. The van der Waals surface area contributed by atoms with Gasteiger partial charge in [0, 0.05) is 6.07 Å². The number of rotatable bonds is 8. The molecule has 29 heavy (non-hydrogen) atoms. The van der Waals surface area contributed by atoms with Gasteiger partial charge in [-0.2, -0.15) is 0 Å². The minimum absolute atomic E-state index is 0.115. The Kier molecular flexibility index (Phi) is 7.13. The molecule has 0 bridgehead atoms. The minimum Gasteiger partial charge on any atom is -0.494 e. The number of non-ortho nitro benzene ring substituents is 1. The van der Waals surface area contributed by atoms with Crippen molar-refractivity contribution >= 4 is 23.3 Å². The van der Waals surface area contributed by atoms with Crippen LogP contribution in [0.1, 0.15) is 18.1 Å². The van der Waals surface area contributed by atoms with Crippen LogP contribution in [0.5, 0.6) is 11.5 Å². The number of methoxy groups -OCH3 is 1. The molecule has 2 aromatic rings. The second-order valence-electron chi connectivity index (χ2n) is 6.32. The minimum atomic E-state index is -1.11. The molecule has 9 heteroatoms. The number of hydrogen-bond donors (Lipinski definition) is 1. The van der Waals surface area contributed by atoms with Gasteiger partial charge in [0.2, 0.25) is 0 Å². The zero-order valence-electron chi connectivity index (χ0n) is 16.6. The molecule has 0 saturated heterocycles. The molecule has 0 aliphatic heterocycles. The lowest BCUT2D eigenvalue weighted by atomic mass is 10.1. The zero-order chi connectivity index (χ0) is 21.6. The number of anilines is 1. The van der Waals surface area contributed by atoms with E-state index in [9.17, 15) is 19.7 Å². The van der Waals surface area contributed by atoms with Gasteiger partial charge in [-0.25, -0.2) is 4.79 Å². The van der Waals surface area contributed by atoms with E-state index in [0.717, 1.165) is 11.1 Å². The Morgan fingerprint density at radius 1 is 1.14 bits per heavy atom. The maximum absolute atomic E-state index is 12.3. The van der Waals surface area contributed by atoms with Crippen LogP contribution in [0.15, 0.2) is 36.4 Å². The molecule has 2 rings (SSSR count). The third-order valence-electron chi connectivity index (χ3n) is 4.01. The standard InChI is InChI=1S/C20H22N2O7/c1-12-5-8-17(13(2)9-12)28-11-19(23)29-14(3)20(24)21-16-7-6-15(22(25)26)10-18(16)27-4/h5-10,14H,11H2,1-4H3,(H,21,24)/t14-/m1/s1. The Balaban J connectivity index is 1.93. The van der Waals surface area contributed by atoms with Crippen molar-refractivity contribution in [1.82, 2.24) is 0 Å². The van der Waals surface area contributed by atoms with Gasteiger partial charge in [0.25, 0.3) is 11.6 Å². The number of esters is 1. The predicted octanol–water partition coefficient (Wildman–Crippen LogP) is 3.17. The van der Waals surface area contributed by atoms with E-state index in [0.29, 0.717) is 5.75 Å². The molecule has 1 N–H and O–H groups in total. The van der Waals surface area contributed by atoms with Gasteiger partial charge >= 0.3 is 5.97 Å². The number of carbonyl (C=O) groups excluding carboxylic acids is 2. The number of aryl methyl sites for hydroxylation is 2. The number of nitro benzene ring substituents is 1. The topological polar surface area (TPSA) is 117 Å². The van der Waals surface area contributed by atoms with E-state index in [-0.39, 0.29) is 23.7 Å². The monoisotopic (exact) mass is 402 g/mol. The highest BCUT2D eigenvalue weighted by Gasteiger charge is 2.21. The first-order valence-electron chi connectivity index (χ1n) is 8.74. The fourth-order valence-electron chi connectivity index (χ4n) is 2.51. The molecular weight excluding hydrogens is 380 g/mol. The van der Waals surface area contributed by atoms with Crippen molar-refractivity contribution in [1.29, 1.82) is 0 Å². The van der Waals surface area contributed by atoms with E-state index in [4.69, 9.17) is 14.2 Å². The molecule has 0 heterocycles. The van der Waals surface area contributed by atoms with Crippen molar-refractivity contribution in [2.75, 3.05) is 19.0 Å². The maximum atomic E-state index is 12.3. The summed E-state index contributed by atoms with van der Waals surface area (Å²) in [4.78, 5) is 34.5. The molecule has 9 nitrogen and oxygen atoms in total. The summed E-state index contributed by atoms with van der Waals surface area (Å²) in [6, 6.07) is 9.30. The van der Waals surface area contributed by atoms with Gasteiger partial charge in [-0.05, 0) is 38.5 Å². The Morgan fingerprint density at radius 3 is 2.48 bits per heavy atom. The van der Waals surface area contributed by atoms with Crippen LogP contribution in [0.4, 0.5) is 11.4 Å². The summed E-state index contributed by atoms with van der Waals surface area (Å²) in [7, 11) is 1.32. The average molecular weight is 402 g/mol. The van der Waals surface area contributed by atoms with Crippen molar-refractivity contribution in [2.45, 2.75) is 26.9 Å². The first-order valence-corrected chi connectivity index (χ1v) is 8.74. The molecule has 154 valence electrons. The smallest absolute Gasteiger partial charge is 0.344 e.